The maximum absolute atomic E-state index is 13.1. The summed E-state index contributed by atoms with van der Waals surface area (Å²) >= 11 is 1.30. The van der Waals surface area contributed by atoms with Crippen molar-refractivity contribution in [1.82, 2.24) is 9.55 Å². The number of hydrogen-bond acceptors (Lipinski definition) is 4. The molecule has 3 aromatic rings. The number of allylic oxidation sites excluding steroid dienone is 1. The van der Waals surface area contributed by atoms with E-state index in [1.54, 1.807) is 21.6 Å². The Morgan fingerprint density at radius 3 is 2.57 bits per heavy atom. The molecule has 0 aliphatic heterocycles. The normalized spacial score (nSPS) is 11.9. The fourth-order valence-corrected chi connectivity index (χ4v) is 4.01. The summed E-state index contributed by atoms with van der Waals surface area (Å²) in [4.78, 5) is 32.3. The van der Waals surface area contributed by atoms with Crippen molar-refractivity contribution in [3.05, 3.63) is 77.6 Å². The fraction of sp³-hybridized carbons (Fsp3) is 0.227. The average Bonchev–Trinajstić information content (AvgIpc) is 2.72. The molecule has 3 rings (SSSR count). The summed E-state index contributed by atoms with van der Waals surface area (Å²) in [6.07, 6.45) is 1.66. The van der Waals surface area contributed by atoms with Crippen LogP contribution in [0.1, 0.15) is 13.8 Å². The zero-order valence-corrected chi connectivity index (χ0v) is 16.9. The number of thioether (sulfide) groups is 1. The first-order valence-electron chi connectivity index (χ1n) is 9.20. The molecule has 0 N–H and O–H groups in total. The molecule has 1 atom stereocenters. The average molecular weight is 394 g/mol. The maximum atomic E-state index is 13.1. The summed E-state index contributed by atoms with van der Waals surface area (Å²) in [5, 5.41) is 0.685. The molecule has 6 heteroatoms. The monoisotopic (exact) mass is 393 g/mol. The number of anilines is 1. The molecule has 144 valence electrons. The Morgan fingerprint density at radius 1 is 1.21 bits per heavy atom. The van der Waals surface area contributed by atoms with Crippen LogP contribution in [0, 0.1) is 0 Å². The zero-order chi connectivity index (χ0) is 20.1. The van der Waals surface area contributed by atoms with Gasteiger partial charge in [0.15, 0.2) is 5.16 Å². The third kappa shape index (κ3) is 4.02. The largest absolute Gasteiger partial charge is 0.312 e. The highest BCUT2D eigenvalue weighted by molar-refractivity contribution is 8.00. The molecule has 0 bridgehead atoms. The predicted molar refractivity (Wildman–Crippen MR) is 116 cm³/mol. The summed E-state index contributed by atoms with van der Waals surface area (Å²) in [5.74, 6) is -0.0220. The van der Waals surface area contributed by atoms with Crippen LogP contribution in [0.2, 0.25) is 0 Å². The SMILES string of the molecule is C=CCn1c(SC(C)C(=O)N(CC)c2ccccc2)nc2ccccc2c1=O. The number of carbonyl (C=O) groups excluding carboxylic acids is 1. The van der Waals surface area contributed by atoms with Gasteiger partial charge in [0.2, 0.25) is 5.91 Å². The lowest BCUT2D eigenvalue weighted by Crippen LogP contribution is -2.37. The Labute approximate surface area is 168 Å². The molecule has 28 heavy (non-hydrogen) atoms. The minimum Gasteiger partial charge on any atom is -0.312 e. The Balaban J connectivity index is 1.94. The smallest absolute Gasteiger partial charge is 0.262 e. The standard InChI is InChI=1S/C22H23N3O2S/c1-4-15-25-21(27)18-13-9-10-14-19(18)23-22(25)28-16(3)20(26)24(5-2)17-11-7-6-8-12-17/h4,6-14,16H,1,5,15H2,2-3H3. The van der Waals surface area contributed by atoms with Crippen LogP contribution in [-0.2, 0) is 11.3 Å². The minimum absolute atomic E-state index is 0.0220. The number of hydrogen-bond donors (Lipinski definition) is 0. The number of carbonyl (C=O) groups is 1. The van der Waals surface area contributed by atoms with Crippen molar-refractivity contribution in [1.29, 1.82) is 0 Å². The molecule has 1 unspecified atom stereocenters. The Morgan fingerprint density at radius 2 is 1.89 bits per heavy atom. The number of nitrogens with zero attached hydrogens (tertiary/aromatic N) is 3. The summed E-state index contributed by atoms with van der Waals surface area (Å²) in [7, 11) is 0. The molecule has 0 spiro atoms. The first kappa shape index (κ1) is 19.9. The van der Waals surface area contributed by atoms with Gasteiger partial charge in [0.25, 0.3) is 5.56 Å². The fourth-order valence-electron chi connectivity index (χ4n) is 3.03. The van der Waals surface area contributed by atoms with E-state index in [2.05, 4.69) is 11.6 Å². The second kappa shape index (κ2) is 8.89. The van der Waals surface area contributed by atoms with E-state index in [1.807, 2.05) is 62.4 Å². The molecule has 0 saturated carbocycles. The maximum Gasteiger partial charge on any atom is 0.262 e. The summed E-state index contributed by atoms with van der Waals surface area (Å²) in [5.41, 5.74) is 1.37. The Bertz CT molecular complexity index is 1050. The van der Waals surface area contributed by atoms with E-state index in [4.69, 9.17) is 0 Å². The molecule has 1 amide bonds. The third-order valence-corrected chi connectivity index (χ3v) is 5.50. The molecule has 1 aromatic heterocycles. The number of benzene rings is 2. The van der Waals surface area contributed by atoms with Crippen molar-refractivity contribution >= 4 is 34.3 Å². The second-order valence-corrected chi connectivity index (χ2v) is 7.60. The van der Waals surface area contributed by atoms with Gasteiger partial charge in [-0.3, -0.25) is 14.2 Å². The van der Waals surface area contributed by atoms with Gasteiger partial charge in [0.1, 0.15) is 0 Å². The summed E-state index contributed by atoms with van der Waals surface area (Å²) < 4.78 is 1.57. The topological polar surface area (TPSA) is 55.2 Å². The van der Waals surface area contributed by atoms with Gasteiger partial charge < -0.3 is 4.90 Å². The Kier molecular flexibility index (Phi) is 6.31. The highest BCUT2D eigenvalue weighted by Crippen LogP contribution is 2.25. The van der Waals surface area contributed by atoms with E-state index in [1.165, 1.54) is 11.8 Å². The molecule has 5 nitrogen and oxygen atoms in total. The van der Waals surface area contributed by atoms with Gasteiger partial charge in [0, 0.05) is 18.8 Å². The van der Waals surface area contributed by atoms with Crippen molar-refractivity contribution in [2.75, 3.05) is 11.4 Å². The van der Waals surface area contributed by atoms with Crippen molar-refractivity contribution in [3.8, 4) is 0 Å². The molecule has 0 radical (unpaired) electrons. The van der Waals surface area contributed by atoms with Crippen LogP contribution in [0.25, 0.3) is 10.9 Å². The van der Waals surface area contributed by atoms with Gasteiger partial charge in [-0.15, -0.1) is 6.58 Å². The summed E-state index contributed by atoms with van der Waals surface area (Å²) in [6.45, 7) is 8.45. The number of fused-ring (bicyclic) bond motifs is 1. The van der Waals surface area contributed by atoms with E-state index < -0.39 is 5.25 Å². The van der Waals surface area contributed by atoms with Crippen LogP contribution in [0.5, 0.6) is 0 Å². The zero-order valence-electron chi connectivity index (χ0n) is 16.0. The molecule has 0 fully saturated rings. The van der Waals surface area contributed by atoms with E-state index >= 15 is 0 Å². The molecule has 0 saturated heterocycles. The van der Waals surface area contributed by atoms with E-state index in [9.17, 15) is 9.59 Å². The highest BCUT2D eigenvalue weighted by atomic mass is 32.2. The van der Waals surface area contributed by atoms with Crippen LogP contribution in [0.4, 0.5) is 5.69 Å². The van der Waals surface area contributed by atoms with Gasteiger partial charge in [0.05, 0.1) is 16.2 Å². The molecular weight excluding hydrogens is 370 g/mol. The molecule has 1 heterocycles. The molecule has 0 aliphatic rings. The van der Waals surface area contributed by atoms with Crippen LogP contribution in [-0.4, -0.2) is 27.3 Å². The number of aromatic nitrogens is 2. The molecular formula is C22H23N3O2S. The predicted octanol–water partition coefficient (Wildman–Crippen LogP) is 4.12. The first-order chi connectivity index (χ1) is 13.6. The van der Waals surface area contributed by atoms with Crippen molar-refractivity contribution in [2.24, 2.45) is 0 Å². The van der Waals surface area contributed by atoms with Crippen LogP contribution >= 0.6 is 11.8 Å². The third-order valence-electron chi connectivity index (χ3n) is 4.42. The van der Waals surface area contributed by atoms with Crippen LogP contribution < -0.4 is 10.5 Å². The second-order valence-electron chi connectivity index (χ2n) is 6.29. The van der Waals surface area contributed by atoms with Crippen LogP contribution in [0.15, 0.2) is 77.2 Å². The number of amides is 1. The molecule has 2 aromatic carbocycles. The quantitative estimate of drug-likeness (QED) is 0.344. The van der Waals surface area contributed by atoms with Crippen molar-refractivity contribution in [3.63, 3.8) is 0 Å². The van der Waals surface area contributed by atoms with Gasteiger partial charge >= 0.3 is 0 Å². The highest BCUT2D eigenvalue weighted by Gasteiger charge is 2.24. The van der Waals surface area contributed by atoms with E-state index in [-0.39, 0.29) is 11.5 Å². The van der Waals surface area contributed by atoms with Crippen LogP contribution in [0.3, 0.4) is 0 Å². The number of rotatable bonds is 7. The lowest BCUT2D eigenvalue weighted by atomic mass is 10.2. The van der Waals surface area contributed by atoms with Gasteiger partial charge in [-0.25, -0.2) is 4.98 Å². The summed E-state index contributed by atoms with van der Waals surface area (Å²) in [6, 6.07) is 16.8. The van der Waals surface area contributed by atoms with Gasteiger partial charge in [-0.2, -0.15) is 0 Å². The van der Waals surface area contributed by atoms with Gasteiger partial charge in [-0.1, -0.05) is 48.2 Å². The van der Waals surface area contributed by atoms with E-state index in [0.29, 0.717) is 29.1 Å². The molecule has 0 aliphatic carbocycles. The minimum atomic E-state index is -0.399. The van der Waals surface area contributed by atoms with Crippen molar-refractivity contribution < 1.29 is 4.79 Å². The number of para-hydroxylation sites is 2. The lowest BCUT2D eigenvalue weighted by molar-refractivity contribution is -0.117. The van der Waals surface area contributed by atoms with Crippen molar-refractivity contribution in [2.45, 2.75) is 30.8 Å². The first-order valence-corrected chi connectivity index (χ1v) is 10.1. The van der Waals surface area contributed by atoms with Gasteiger partial charge in [-0.05, 0) is 38.1 Å². The lowest BCUT2D eigenvalue weighted by Gasteiger charge is -2.24. The Hall–Kier alpha value is -2.86. The van der Waals surface area contributed by atoms with E-state index in [0.717, 1.165) is 5.69 Å².